The second-order valence-electron chi connectivity index (χ2n) is 4.12. The van der Waals surface area contributed by atoms with Gasteiger partial charge in [-0.1, -0.05) is 12.1 Å². The maximum Gasteiger partial charge on any atom is 0.303 e. The van der Waals surface area contributed by atoms with Gasteiger partial charge in [-0.15, -0.1) is 0 Å². The fraction of sp³-hybridized carbons (Fsp3) is 0.286. The van der Waals surface area contributed by atoms with Crippen LogP contribution in [0.3, 0.4) is 0 Å². The van der Waals surface area contributed by atoms with E-state index in [0.29, 0.717) is 12.3 Å². The van der Waals surface area contributed by atoms with Crippen LogP contribution in [0.25, 0.3) is 10.8 Å². The molecule has 1 aromatic carbocycles. The summed E-state index contributed by atoms with van der Waals surface area (Å²) in [6, 6.07) is 7.95. The van der Waals surface area contributed by atoms with Crippen LogP contribution in [0.1, 0.15) is 18.4 Å². The smallest absolute Gasteiger partial charge is 0.303 e. The molecule has 0 saturated carbocycles. The lowest BCUT2D eigenvalue weighted by Gasteiger charge is -2.06. The van der Waals surface area contributed by atoms with E-state index >= 15 is 0 Å². The maximum absolute atomic E-state index is 10.5. The minimum atomic E-state index is -0.748. The number of methoxy groups -OCH3 is 1. The lowest BCUT2D eigenvalue weighted by Crippen LogP contribution is -1.96. The second-order valence-corrected chi connectivity index (χ2v) is 4.12. The normalized spacial score (nSPS) is 10.5. The zero-order valence-corrected chi connectivity index (χ0v) is 10.2. The Morgan fingerprint density at radius 2 is 2.22 bits per heavy atom. The van der Waals surface area contributed by atoms with Crippen LogP contribution >= 0.6 is 0 Å². The number of carboxylic acids is 1. The molecule has 0 bridgehead atoms. The monoisotopic (exact) mass is 245 g/mol. The summed E-state index contributed by atoms with van der Waals surface area (Å²) in [5.74, 6) is -0.133. The second kappa shape index (κ2) is 5.49. The maximum atomic E-state index is 10.5. The number of carbonyl (C=O) groups is 1. The highest BCUT2D eigenvalue weighted by Crippen LogP contribution is 2.24. The van der Waals surface area contributed by atoms with E-state index in [-0.39, 0.29) is 6.42 Å². The summed E-state index contributed by atoms with van der Waals surface area (Å²) in [5, 5.41) is 10.6. The number of aryl methyl sites for hydroxylation is 1. The van der Waals surface area contributed by atoms with E-state index in [9.17, 15) is 4.79 Å². The van der Waals surface area contributed by atoms with Crippen molar-refractivity contribution in [3.8, 4) is 5.88 Å². The number of carboxylic acid groups (broad SMARTS) is 1. The fourth-order valence-electron chi connectivity index (χ4n) is 1.96. The van der Waals surface area contributed by atoms with Gasteiger partial charge in [-0.3, -0.25) is 4.79 Å². The molecular weight excluding hydrogens is 230 g/mol. The molecule has 94 valence electrons. The standard InChI is InChI=1S/C14H15NO3/c1-18-14-12-6-5-10(3-2-4-13(16)17)9-11(12)7-8-15-14/h5-9H,2-4H2,1H3,(H,16,17). The average Bonchev–Trinajstić information content (AvgIpc) is 2.37. The molecule has 0 atom stereocenters. The van der Waals surface area contributed by atoms with E-state index in [0.717, 1.165) is 22.8 Å². The number of hydrogen-bond acceptors (Lipinski definition) is 3. The summed E-state index contributed by atoms with van der Waals surface area (Å²) < 4.78 is 5.19. The number of pyridine rings is 1. The summed E-state index contributed by atoms with van der Waals surface area (Å²) in [5.41, 5.74) is 1.14. The van der Waals surface area contributed by atoms with Gasteiger partial charge in [-0.25, -0.2) is 4.98 Å². The van der Waals surface area contributed by atoms with Crippen LogP contribution in [0.5, 0.6) is 5.88 Å². The molecule has 0 radical (unpaired) electrons. The van der Waals surface area contributed by atoms with Crippen LogP contribution in [0, 0.1) is 0 Å². The van der Waals surface area contributed by atoms with Crippen LogP contribution in [0.2, 0.25) is 0 Å². The van der Waals surface area contributed by atoms with Crippen molar-refractivity contribution in [3.05, 3.63) is 36.0 Å². The summed E-state index contributed by atoms with van der Waals surface area (Å²) in [7, 11) is 1.60. The summed E-state index contributed by atoms with van der Waals surface area (Å²) in [4.78, 5) is 14.6. The van der Waals surface area contributed by atoms with Gasteiger partial charge in [-0.2, -0.15) is 0 Å². The number of ether oxygens (including phenoxy) is 1. The van der Waals surface area contributed by atoms with Gasteiger partial charge in [0, 0.05) is 18.0 Å². The first-order chi connectivity index (χ1) is 8.70. The van der Waals surface area contributed by atoms with Crippen molar-refractivity contribution in [2.24, 2.45) is 0 Å². The van der Waals surface area contributed by atoms with E-state index in [1.807, 2.05) is 18.2 Å². The molecule has 4 nitrogen and oxygen atoms in total. The van der Waals surface area contributed by atoms with Crippen molar-refractivity contribution in [3.63, 3.8) is 0 Å². The third kappa shape index (κ3) is 2.77. The molecule has 2 aromatic rings. The highest BCUT2D eigenvalue weighted by molar-refractivity contribution is 5.87. The topological polar surface area (TPSA) is 59.4 Å². The molecule has 0 spiro atoms. The fourth-order valence-corrected chi connectivity index (χ4v) is 1.96. The largest absolute Gasteiger partial charge is 0.481 e. The Morgan fingerprint density at radius 3 is 2.94 bits per heavy atom. The van der Waals surface area contributed by atoms with Crippen LogP contribution in [-0.2, 0) is 11.2 Å². The van der Waals surface area contributed by atoms with Crippen LogP contribution in [0.15, 0.2) is 30.5 Å². The zero-order chi connectivity index (χ0) is 13.0. The van der Waals surface area contributed by atoms with Crippen LogP contribution in [0.4, 0.5) is 0 Å². The van der Waals surface area contributed by atoms with Crippen LogP contribution in [-0.4, -0.2) is 23.2 Å². The first-order valence-electron chi connectivity index (χ1n) is 5.84. The predicted octanol–water partition coefficient (Wildman–Crippen LogP) is 2.65. The molecular formula is C14H15NO3. The Balaban J connectivity index is 2.20. The highest BCUT2D eigenvalue weighted by Gasteiger charge is 2.04. The molecule has 0 aliphatic carbocycles. The molecule has 0 aliphatic rings. The Labute approximate surface area is 105 Å². The van der Waals surface area contributed by atoms with Crippen molar-refractivity contribution in [2.45, 2.75) is 19.3 Å². The lowest BCUT2D eigenvalue weighted by molar-refractivity contribution is -0.137. The van der Waals surface area contributed by atoms with Gasteiger partial charge in [0.25, 0.3) is 0 Å². The summed E-state index contributed by atoms with van der Waals surface area (Å²) in [6.07, 6.45) is 3.34. The van der Waals surface area contributed by atoms with Crippen molar-refractivity contribution in [1.82, 2.24) is 4.98 Å². The molecule has 2 rings (SSSR count). The minimum absolute atomic E-state index is 0.206. The van der Waals surface area contributed by atoms with Crippen molar-refractivity contribution in [2.75, 3.05) is 7.11 Å². The van der Waals surface area contributed by atoms with Gasteiger partial charge in [0.05, 0.1) is 7.11 Å². The third-order valence-corrected chi connectivity index (χ3v) is 2.84. The molecule has 0 aliphatic heterocycles. The van der Waals surface area contributed by atoms with E-state index in [4.69, 9.17) is 9.84 Å². The van der Waals surface area contributed by atoms with E-state index in [2.05, 4.69) is 11.1 Å². The molecule has 0 fully saturated rings. The lowest BCUT2D eigenvalue weighted by atomic mass is 10.0. The molecule has 0 saturated heterocycles. The van der Waals surface area contributed by atoms with E-state index < -0.39 is 5.97 Å². The minimum Gasteiger partial charge on any atom is -0.481 e. The number of fused-ring (bicyclic) bond motifs is 1. The molecule has 0 unspecified atom stereocenters. The summed E-state index contributed by atoms with van der Waals surface area (Å²) in [6.45, 7) is 0. The average molecular weight is 245 g/mol. The quantitative estimate of drug-likeness (QED) is 0.879. The van der Waals surface area contributed by atoms with Gasteiger partial charge in [-0.05, 0) is 35.9 Å². The van der Waals surface area contributed by atoms with Gasteiger partial charge in [0.1, 0.15) is 0 Å². The Bertz CT molecular complexity index is 566. The van der Waals surface area contributed by atoms with Crippen molar-refractivity contribution >= 4 is 16.7 Å². The number of benzene rings is 1. The highest BCUT2D eigenvalue weighted by atomic mass is 16.5. The number of aliphatic carboxylic acids is 1. The van der Waals surface area contributed by atoms with Crippen molar-refractivity contribution in [1.29, 1.82) is 0 Å². The van der Waals surface area contributed by atoms with Gasteiger partial charge in [0.15, 0.2) is 0 Å². The molecule has 1 aromatic heterocycles. The molecule has 0 amide bonds. The van der Waals surface area contributed by atoms with Crippen molar-refractivity contribution < 1.29 is 14.6 Å². The third-order valence-electron chi connectivity index (χ3n) is 2.84. The molecule has 1 heterocycles. The van der Waals surface area contributed by atoms with Gasteiger partial charge in [0.2, 0.25) is 5.88 Å². The number of nitrogens with zero attached hydrogens (tertiary/aromatic N) is 1. The molecule has 4 heteroatoms. The Morgan fingerprint density at radius 1 is 1.39 bits per heavy atom. The Hall–Kier alpha value is -2.10. The summed E-state index contributed by atoms with van der Waals surface area (Å²) >= 11 is 0. The number of rotatable bonds is 5. The van der Waals surface area contributed by atoms with E-state index in [1.165, 1.54) is 0 Å². The first kappa shape index (κ1) is 12.4. The SMILES string of the molecule is COc1nccc2cc(CCCC(=O)O)ccc12. The predicted molar refractivity (Wildman–Crippen MR) is 68.9 cm³/mol. The van der Waals surface area contributed by atoms with Gasteiger partial charge < -0.3 is 9.84 Å². The number of hydrogen-bond donors (Lipinski definition) is 1. The first-order valence-corrected chi connectivity index (χ1v) is 5.84. The molecule has 1 N–H and O–H groups in total. The van der Waals surface area contributed by atoms with E-state index in [1.54, 1.807) is 13.3 Å². The Kier molecular flexibility index (Phi) is 3.77. The number of aromatic nitrogens is 1. The molecule has 18 heavy (non-hydrogen) atoms. The van der Waals surface area contributed by atoms with Crippen LogP contribution < -0.4 is 4.74 Å². The zero-order valence-electron chi connectivity index (χ0n) is 10.2. The van der Waals surface area contributed by atoms with Gasteiger partial charge >= 0.3 is 5.97 Å².